The van der Waals surface area contributed by atoms with E-state index in [2.05, 4.69) is 26.7 Å². The summed E-state index contributed by atoms with van der Waals surface area (Å²) in [5.74, 6) is 2.93. The molecule has 28 heavy (non-hydrogen) atoms. The lowest BCUT2D eigenvalue weighted by molar-refractivity contribution is 0.174. The van der Waals surface area contributed by atoms with Crippen LogP contribution in [-0.2, 0) is 13.0 Å². The molecule has 1 aliphatic heterocycles. The molecule has 0 unspecified atom stereocenters. The van der Waals surface area contributed by atoms with Gasteiger partial charge in [-0.05, 0) is 48.7 Å². The first-order valence-corrected chi connectivity index (χ1v) is 9.50. The van der Waals surface area contributed by atoms with Crippen LogP contribution < -0.4 is 20.1 Å². The van der Waals surface area contributed by atoms with Gasteiger partial charge in [0.25, 0.3) is 0 Å². The van der Waals surface area contributed by atoms with Crippen LogP contribution in [-0.4, -0.2) is 23.3 Å². The van der Waals surface area contributed by atoms with Crippen LogP contribution >= 0.6 is 11.6 Å². The minimum absolute atomic E-state index is 0.275. The number of aryl methyl sites for hydroxylation is 1. The number of benzene rings is 2. The maximum Gasteiger partial charge on any atom is 0.231 e. The smallest absolute Gasteiger partial charge is 0.231 e. The van der Waals surface area contributed by atoms with Gasteiger partial charge >= 0.3 is 0 Å². The molecular weight excluding hydrogens is 376 g/mol. The lowest BCUT2D eigenvalue weighted by atomic mass is 10.1. The summed E-state index contributed by atoms with van der Waals surface area (Å²) in [5, 5.41) is 7.38. The third-order valence-electron chi connectivity index (χ3n) is 4.35. The van der Waals surface area contributed by atoms with E-state index in [1.807, 2.05) is 49.4 Å². The number of nitrogens with zero attached hydrogens (tertiary/aromatic N) is 2. The highest BCUT2D eigenvalue weighted by Crippen LogP contribution is 2.32. The highest BCUT2D eigenvalue weighted by molar-refractivity contribution is 6.30. The number of fused-ring (bicyclic) bond motifs is 1. The van der Waals surface area contributed by atoms with E-state index < -0.39 is 0 Å². The van der Waals surface area contributed by atoms with Gasteiger partial charge < -0.3 is 20.1 Å². The summed E-state index contributed by atoms with van der Waals surface area (Å²) >= 11 is 6.03. The second-order valence-electron chi connectivity index (χ2n) is 6.57. The Morgan fingerprint density at radius 3 is 2.75 bits per heavy atom. The standard InChI is InChI=1S/C21H21ClN4O2/c1-14-9-20(23-8-7-15-3-2-4-17(22)10-15)26-21(25-14)24-12-16-5-6-18-19(11-16)28-13-27-18/h2-6,9-11H,7-8,12-13H2,1H3,(H2,23,24,25,26). The van der Waals surface area contributed by atoms with Crippen molar-refractivity contribution in [2.45, 2.75) is 19.9 Å². The SMILES string of the molecule is Cc1cc(NCCc2cccc(Cl)c2)nc(NCc2ccc3c(c2)OCO3)n1. The maximum atomic E-state index is 6.03. The van der Waals surface area contributed by atoms with Crippen LogP contribution in [0.4, 0.5) is 11.8 Å². The van der Waals surface area contributed by atoms with Crippen molar-refractivity contribution in [1.82, 2.24) is 9.97 Å². The third kappa shape index (κ3) is 4.64. The molecule has 0 fully saturated rings. The monoisotopic (exact) mass is 396 g/mol. The molecule has 0 saturated heterocycles. The number of rotatable bonds is 7. The van der Waals surface area contributed by atoms with E-state index in [1.54, 1.807) is 0 Å². The Morgan fingerprint density at radius 1 is 0.964 bits per heavy atom. The molecule has 144 valence electrons. The fourth-order valence-electron chi connectivity index (χ4n) is 3.00. The Bertz CT molecular complexity index is 980. The molecule has 2 heterocycles. The first kappa shape index (κ1) is 18.4. The van der Waals surface area contributed by atoms with Gasteiger partial charge in [-0.15, -0.1) is 0 Å². The van der Waals surface area contributed by atoms with E-state index in [4.69, 9.17) is 21.1 Å². The Balaban J connectivity index is 1.35. The van der Waals surface area contributed by atoms with Gasteiger partial charge in [0, 0.05) is 29.9 Å². The van der Waals surface area contributed by atoms with E-state index >= 15 is 0 Å². The summed E-state index contributed by atoms with van der Waals surface area (Å²) in [6.45, 7) is 3.59. The maximum absolute atomic E-state index is 6.03. The van der Waals surface area contributed by atoms with Crippen molar-refractivity contribution in [2.24, 2.45) is 0 Å². The minimum Gasteiger partial charge on any atom is -0.454 e. The van der Waals surface area contributed by atoms with Crippen molar-refractivity contribution in [2.75, 3.05) is 24.0 Å². The second kappa shape index (κ2) is 8.35. The molecular formula is C21H21ClN4O2. The van der Waals surface area contributed by atoms with Crippen LogP contribution in [0.25, 0.3) is 0 Å². The molecule has 0 amide bonds. The second-order valence-corrected chi connectivity index (χ2v) is 7.00. The van der Waals surface area contributed by atoms with Crippen molar-refractivity contribution in [3.05, 3.63) is 70.4 Å². The van der Waals surface area contributed by atoms with Gasteiger partial charge in [-0.3, -0.25) is 0 Å². The van der Waals surface area contributed by atoms with E-state index in [0.29, 0.717) is 12.5 Å². The summed E-state index contributed by atoms with van der Waals surface area (Å²) in [7, 11) is 0. The Kier molecular flexibility index (Phi) is 5.48. The third-order valence-corrected chi connectivity index (χ3v) is 4.59. The average molecular weight is 397 g/mol. The number of nitrogens with one attached hydrogen (secondary N) is 2. The largest absolute Gasteiger partial charge is 0.454 e. The first-order chi connectivity index (χ1) is 13.7. The summed E-state index contributed by atoms with van der Waals surface area (Å²) in [5.41, 5.74) is 3.16. The Morgan fingerprint density at radius 2 is 1.86 bits per heavy atom. The van der Waals surface area contributed by atoms with Crippen LogP contribution in [0.1, 0.15) is 16.8 Å². The molecule has 1 aliphatic rings. The van der Waals surface area contributed by atoms with Crippen molar-refractivity contribution in [1.29, 1.82) is 0 Å². The van der Waals surface area contributed by atoms with Gasteiger partial charge in [-0.1, -0.05) is 29.8 Å². The van der Waals surface area contributed by atoms with Crippen LogP contribution in [0.3, 0.4) is 0 Å². The number of ether oxygens (including phenoxy) is 2. The minimum atomic E-state index is 0.275. The van der Waals surface area contributed by atoms with Gasteiger partial charge in [-0.2, -0.15) is 4.98 Å². The van der Waals surface area contributed by atoms with Crippen LogP contribution in [0, 0.1) is 6.92 Å². The number of halogens is 1. The fraction of sp³-hybridized carbons (Fsp3) is 0.238. The number of aromatic nitrogens is 2. The molecule has 1 aromatic heterocycles. The van der Waals surface area contributed by atoms with Crippen molar-refractivity contribution < 1.29 is 9.47 Å². The molecule has 3 aromatic rings. The highest BCUT2D eigenvalue weighted by Gasteiger charge is 2.13. The summed E-state index contributed by atoms with van der Waals surface area (Å²) in [4.78, 5) is 9.02. The predicted molar refractivity (Wildman–Crippen MR) is 110 cm³/mol. The number of hydrogen-bond acceptors (Lipinski definition) is 6. The molecule has 0 bridgehead atoms. The summed E-state index contributed by atoms with van der Waals surface area (Å²) in [6, 6.07) is 15.7. The molecule has 2 N–H and O–H groups in total. The molecule has 7 heteroatoms. The molecule has 2 aromatic carbocycles. The van der Waals surface area contributed by atoms with Crippen molar-refractivity contribution in [3.63, 3.8) is 0 Å². The van der Waals surface area contributed by atoms with E-state index in [9.17, 15) is 0 Å². The molecule has 0 atom stereocenters. The van der Waals surface area contributed by atoms with Crippen molar-refractivity contribution in [3.8, 4) is 11.5 Å². The predicted octanol–water partition coefficient (Wildman–Crippen LogP) is 4.43. The molecule has 6 nitrogen and oxygen atoms in total. The van der Waals surface area contributed by atoms with E-state index in [-0.39, 0.29) is 6.79 Å². The van der Waals surface area contributed by atoms with E-state index in [1.165, 1.54) is 5.56 Å². The topological polar surface area (TPSA) is 68.3 Å². The fourth-order valence-corrected chi connectivity index (χ4v) is 3.21. The zero-order valence-electron chi connectivity index (χ0n) is 15.5. The van der Waals surface area contributed by atoms with Gasteiger partial charge in [0.2, 0.25) is 12.7 Å². The lowest BCUT2D eigenvalue weighted by Gasteiger charge is -2.10. The van der Waals surface area contributed by atoms with Crippen LogP contribution in [0.15, 0.2) is 48.5 Å². The van der Waals surface area contributed by atoms with E-state index in [0.717, 1.165) is 46.6 Å². The summed E-state index contributed by atoms with van der Waals surface area (Å²) < 4.78 is 10.8. The molecule has 4 rings (SSSR count). The van der Waals surface area contributed by atoms with Crippen LogP contribution in [0.2, 0.25) is 5.02 Å². The average Bonchev–Trinajstić information content (AvgIpc) is 3.14. The Hall–Kier alpha value is -2.99. The van der Waals surface area contributed by atoms with Crippen molar-refractivity contribution >= 4 is 23.4 Å². The van der Waals surface area contributed by atoms with Gasteiger partial charge in [-0.25, -0.2) is 4.98 Å². The zero-order chi connectivity index (χ0) is 19.3. The van der Waals surface area contributed by atoms with Crippen LogP contribution in [0.5, 0.6) is 11.5 Å². The number of anilines is 2. The quantitative estimate of drug-likeness (QED) is 0.615. The lowest BCUT2D eigenvalue weighted by Crippen LogP contribution is -2.10. The Labute approximate surface area is 168 Å². The zero-order valence-corrected chi connectivity index (χ0v) is 16.3. The summed E-state index contributed by atoms with van der Waals surface area (Å²) in [6.07, 6.45) is 0.865. The van der Waals surface area contributed by atoms with Gasteiger partial charge in [0.05, 0.1) is 0 Å². The van der Waals surface area contributed by atoms with Gasteiger partial charge in [0.1, 0.15) is 5.82 Å². The first-order valence-electron chi connectivity index (χ1n) is 9.12. The molecule has 0 aliphatic carbocycles. The number of hydrogen-bond donors (Lipinski definition) is 2. The normalized spacial score (nSPS) is 12.1. The molecule has 0 saturated carbocycles. The van der Waals surface area contributed by atoms with Gasteiger partial charge in [0.15, 0.2) is 11.5 Å². The molecule has 0 radical (unpaired) electrons. The highest BCUT2D eigenvalue weighted by atomic mass is 35.5. The molecule has 0 spiro atoms.